The molecule has 0 bridgehead atoms. The van der Waals surface area contributed by atoms with Crippen molar-refractivity contribution in [2.45, 2.75) is 25.2 Å². The Labute approximate surface area is 168 Å². The molecule has 9 nitrogen and oxygen atoms in total. The molecule has 0 atom stereocenters. The maximum atomic E-state index is 13.0. The number of aromatic nitrogens is 2. The second-order valence-electron chi connectivity index (χ2n) is 7.02. The molecule has 152 valence electrons. The fraction of sp³-hybridized carbons (Fsp3) is 0.529. The molecule has 0 saturated carbocycles. The van der Waals surface area contributed by atoms with Crippen LogP contribution in [0.2, 0.25) is 0 Å². The van der Waals surface area contributed by atoms with E-state index in [4.69, 9.17) is 0 Å². The van der Waals surface area contributed by atoms with Crippen molar-refractivity contribution in [2.24, 2.45) is 5.92 Å². The maximum Gasteiger partial charge on any atom is 0.311 e. The number of fused-ring (bicyclic) bond motifs is 1. The number of carbonyl (C=O) groups is 2. The summed E-state index contributed by atoms with van der Waals surface area (Å²) in [6, 6.07) is 4.86. The van der Waals surface area contributed by atoms with E-state index < -0.39 is 21.8 Å². The van der Waals surface area contributed by atoms with E-state index in [9.17, 15) is 18.0 Å². The number of benzene rings is 1. The Bertz CT molecular complexity index is 965. The lowest BCUT2D eigenvalue weighted by molar-refractivity contribution is -0.146. The van der Waals surface area contributed by atoms with Crippen LogP contribution >= 0.6 is 11.7 Å². The molecule has 1 aromatic heterocycles. The summed E-state index contributed by atoms with van der Waals surface area (Å²) < 4.78 is 35.5. The first-order valence-electron chi connectivity index (χ1n) is 9.09. The Morgan fingerprint density at radius 3 is 2.57 bits per heavy atom. The van der Waals surface area contributed by atoms with Crippen molar-refractivity contribution >= 4 is 44.6 Å². The van der Waals surface area contributed by atoms with Crippen LogP contribution in [0, 0.1) is 5.92 Å². The van der Waals surface area contributed by atoms with Gasteiger partial charge in [0.15, 0.2) is 0 Å². The number of piperazine rings is 1. The van der Waals surface area contributed by atoms with Crippen molar-refractivity contribution in [3.05, 3.63) is 18.2 Å². The number of sulfonamides is 1. The molecular weight excluding hydrogens is 402 g/mol. The average molecular weight is 426 g/mol. The van der Waals surface area contributed by atoms with Crippen molar-refractivity contribution in [3.63, 3.8) is 0 Å². The Morgan fingerprint density at radius 1 is 1.18 bits per heavy atom. The highest BCUT2D eigenvalue weighted by atomic mass is 32.2. The van der Waals surface area contributed by atoms with Crippen molar-refractivity contribution in [2.75, 3.05) is 32.7 Å². The molecule has 0 spiro atoms. The van der Waals surface area contributed by atoms with E-state index in [-0.39, 0.29) is 31.1 Å². The van der Waals surface area contributed by atoms with Crippen LogP contribution in [0.4, 0.5) is 0 Å². The summed E-state index contributed by atoms with van der Waals surface area (Å²) in [5.74, 6) is -0.830. The molecule has 2 heterocycles. The third-order valence-electron chi connectivity index (χ3n) is 4.59. The van der Waals surface area contributed by atoms with Crippen LogP contribution in [0.5, 0.6) is 0 Å². The third kappa shape index (κ3) is 4.31. The van der Waals surface area contributed by atoms with Crippen LogP contribution < -0.4 is 5.32 Å². The summed E-state index contributed by atoms with van der Waals surface area (Å²) in [6.45, 7) is 5.11. The van der Waals surface area contributed by atoms with Crippen LogP contribution in [0.15, 0.2) is 23.1 Å². The van der Waals surface area contributed by atoms with E-state index in [1.54, 1.807) is 12.1 Å². The lowest BCUT2D eigenvalue weighted by Crippen LogP contribution is -2.53. The van der Waals surface area contributed by atoms with Crippen LogP contribution in [0.3, 0.4) is 0 Å². The van der Waals surface area contributed by atoms with Crippen LogP contribution in [-0.4, -0.2) is 70.9 Å². The van der Waals surface area contributed by atoms with Crippen molar-refractivity contribution in [1.82, 2.24) is 23.3 Å². The molecule has 28 heavy (non-hydrogen) atoms. The second-order valence-corrected chi connectivity index (χ2v) is 9.46. The Kier molecular flexibility index (Phi) is 6.26. The first-order valence-corrected chi connectivity index (χ1v) is 11.3. The molecule has 1 fully saturated rings. The fourth-order valence-electron chi connectivity index (χ4n) is 2.95. The molecule has 11 heteroatoms. The molecule has 2 amide bonds. The first kappa shape index (κ1) is 20.6. The maximum absolute atomic E-state index is 13.0. The predicted molar refractivity (Wildman–Crippen MR) is 105 cm³/mol. The predicted octanol–water partition coefficient (Wildman–Crippen LogP) is 0.687. The van der Waals surface area contributed by atoms with Crippen LogP contribution in [0.1, 0.15) is 20.3 Å². The number of nitrogens with zero attached hydrogens (tertiary/aromatic N) is 4. The number of amides is 2. The van der Waals surface area contributed by atoms with E-state index >= 15 is 0 Å². The van der Waals surface area contributed by atoms with Crippen LogP contribution in [0.25, 0.3) is 11.0 Å². The standard InChI is InChI=1S/C17H23N5O4S2/c1-12(2)6-7-18-16(23)17(24)21-8-10-22(11-9-21)28(25,26)14-5-3-4-13-15(14)20-27-19-13/h3-5,12H,6-11H2,1-2H3,(H,18,23). The van der Waals surface area contributed by atoms with Gasteiger partial charge in [0.25, 0.3) is 0 Å². The zero-order valence-electron chi connectivity index (χ0n) is 15.8. The zero-order valence-corrected chi connectivity index (χ0v) is 17.4. The second kappa shape index (κ2) is 8.50. The quantitative estimate of drug-likeness (QED) is 0.705. The molecular formula is C17H23N5O4S2. The van der Waals surface area contributed by atoms with Gasteiger partial charge in [0.2, 0.25) is 10.0 Å². The highest BCUT2D eigenvalue weighted by molar-refractivity contribution is 7.89. The van der Waals surface area contributed by atoms with E-state index in [2.05, 4.69) is 14.1 Å². The minimum absolute atomic E-state index is 0.116. The van der Waals surface area contributed by atoms with Gasteiger partial charge in [-0.3, -0.25) is 9.59 Å². The molecule has 0 aliphatic carbocycles. The number of rotatable bonds is 5. The Balaban J connectivity index is 1.62. The lowest BCUT2D eigenvalue weighted by atomic mass is 10.1. The normalized spacial score (nSPS) is 15.9. The largest absolute Gasteiger partial charge is 0.348 e. The van der Waals surface area contributed by atoms with Gasteiger partial charge in [-0.05, 0) is 24.5 Å². The summed E-state index contributed by atoms with van der Waals surface area (Å²) in [7, 11) is -3.75. The highest BCUT2D eigenvalue weighted by Crippen LogP contribution is 2.25. The summed E-state index contributed by atoms with van der Waals surface area (Å²) in [5, 5.41) is 2.62. The van der Waals surface area contributed by atoms with Gasteiger partial charge in [0, 0.05) is 32.7 Å². The van der Waals surface area contributed by atoms with E-state index in [0.29, 0.717) is 23.5 Å². The van der Waals surface area contributed by atoms with Gasteiger partial charge in [-0.25, -0.2) is 8.42 Å². The number of carbonyl (C=O) groups excluding carboxylic acids is 2. The van der Waals surface area contributed by atoms with E-state index in [1.807, 2.05) is 13.8 Å². The first-order chi connectivity index (χ1) is 13.3. The van der Waals surface area contributed by atoms with Crippen molar-refractivity contribution < 1.29 is 18.0 Å². The zero-order chi connectivity index (χ0) is 20.3. The van der Waals surface area contributed by atoms with Crippen molar-refractivity contribution in [3.8, 4) is 0 Å². The number of hydrogen-bond donors (Lipinski definition) is 1. The average Bonchev–Trinajstić information content (AvgIpc) is 3.15. The highest BCUT2D eigenvalue weighted by Gasteiger charge is 2.33. The minimum atomic E-state index is -3.75. The molecule has 3 rings (SSSR count). The van der Waals surface area contributed by atoms with E-state index in [0.717, 1.165) is 18.1 Å². The van der Waals surface area contributed by atoms with Crippen molar-refractivity contribution in [1.29, 1.82) is 0 Å². The molecule has 2 aromatic rings. The summed E-state index contributed by atoms with van der Waals surface area (Å²) >= 11 is 0.965. The van der Waals surface area contributed by atoms with Gasteiger partial charge in [-0.1, -0.05) is 19.9 Å². The lowest BCUT2D eigenvalue weighted by Gasteiger charge is -2.33. The van der Waals surface area contributed by atoms with Gasteiger partial charge in [-0.15, -0.1) is 0 Å². The van der Waals surface area contributed by atoms with E-state index in [1.165, 1.54) is 15.3 Å². The number of nitrogens with one attached hydrogen (secondary N) is 1. The third-order valence-corrected chi connectivity index (χ3v) is 7.07. The van der Waals surface area contributed by atoms with Gasteiger partial charge in [0.05, 0.1) is 11.7 Å². The van der Waals surface area contributed by atoms with Gasteiger partial charge >= 0.3 is 11.8 Å². The Hall–Kier alpha value is -2.11. The Morgan fingerprint density at radius 2 is 1.89 bits per heavy atom. The molecule has 1 saturated heterocycles. The molecule has 1 N–H and O–H groups in total. The summed E-state index contributed by atoms with van der Waals surface area (Å²) in [4.78, 5) is 25.8. The molecule has 1 aromatic carbocycles. The summed E-state index contributed by atoms with van der Waals surface area (Å²) in [5.41, 5.74) is 0.897. The minimum Gasteiger partial charge on any atom is -0.348 e. The van der Waals surface area contributed by atoms with Gasteiger partial charge in [0.1, 0.15) is 15.9 Å². The molecule has 1 aliphatic heterocycles. The fourth-order valence-corrected chi connectivity index (χ4v) is 5.13. The number of hydrogen-bond acceptors (Lipinski definition) is 7. The molecule has 0 unspecified atom stereocenters. The van der Waals surface area contributed by atoms with Gasteiger partial charge < -0.3 is 10.2 Å². The molecule has 1 aliphatic rings. The van der Waals surface area contributed by atoms with Gasteiger partial charge in [-0.2, -0.15) is 13.1 Å². The van der Waals surface area contributed by atoms with Crippen LogP contribution in [-0.2, 0) is 19.6 Å². The SMILES string of the molecule is CC(C)CCNC(=O)C(=O)N1CCN(S(=O)(=O)c2cccc3nsnc23)CC1. The smallest absolute Gasteiger partial charge is 0.311 e. The summed E-state index contributed by atoms with van der Waals surface area (Å²) in [6.07, 6.45) is 0.794. The molecule has 0 radical (unpaired) electrons. The monoisotopic (exact) mass is 425 g/mol. The topological polar surface area (TPSA) is 113 Å².